The number of rotatable bonds is 8. The van der Waals surface area contributed by atoms with E-state index < -0.39 is 0 Å². The molecule has 0 N–H and O–H groups in total. The van der Waals surface area contributed by atoms with Gasteiger partial charge in [-0.1, -0.05) is 12.1 Å². The van der Waals surface area contributed by atoms with E-state index in [1.807, 2.05) is 36.4 Å². The molecule has 2 heterocycles. The van der Waals surface area contributed by atoms with Crippen LogP contribution in [0, 0.1) is 0 Å². The first-order valence-electron chi connectivity index (χ1n) is 8.23. The van der Waals surface area contributed by atoms with Crippen molar-refractivity contribution >= 4 is 16.7 Å². The minimum absolute atomic E-state index is 0.615. The van der Waals surface area contributed by atoms with Crippen molar-refractivity contribution in [2.24, 2.45) is 0 Å². The number of hydrogen-bond acceptors (Lipinski definition) is 6. The van der Waals surface area contributed by atoms with E-state index in [4.69, 9.17) is 19.4 Å². The fourth-order valence-corrected chi connectivity index (χ4v) is 2.65. The van der Waals surface area contributed by atoms with Crippen molar-refractivity contribution in [3.63, 3.8) is 0 Å². The van der Waals surface area contributed by atoms with Gasteiger partial charge in [0.05, 0.1) is 18.7 Å². The second-order valence-corrected chi connectivity index (χ2v) is 5.60. The van der Waals surface area contributed by atoms with Crippen molar-refractivity contribution in [2.45, 2.75) is 0 Å². The molecule has 6 heteroatoms. The molecule has 25 heavy (non-hydrogen) atoms. The molecular weight excluding hydrogens is 316 g/mol. The molecule has 0 bridgehead atoms. The predicted molar refractivity (Wildman–Crippen MR) is 98.7 cm³/mol. The minimum Gasteiger partial charge on any atom is -0.383 e. The highest BCUT2D eigenvalue weighted by atomic mass is 16.5. The van der Waals surface area contributed by atoms with Gasteiger partial charge in [-0.2, -0.15) is 0 Å². The molecule has 0 spiro atoms. The van der Waals surface area contributed by atoms with Crippen LogP contribution in [-0.2, 0) is 9.47 Å². The standard InChI is InChI=1S/C19H22N4O2/c1-24-12-10-23(11-13-25-2)19-16-7-3-4-8-17(16)21-18(22-19)15-6-5-9-20-14-15/h3-9,14H,10-13H2,1-2H3. The van der Waals surface area contributed by atoms with Gasteiger partial charge in [-0.15, -0.1) is 0 Å². The summed E-state index contributed by atoms with van der Waals surface area (Å²) in [6.07, 6.45) is 3.53. The van der Waals surface area contributed by atoms with Crippen LogP contribution < -0.4 is 4.90 Å². The third-order valence-corrected chi connectivity index (χ3v) is 3.93. The SMILES string of the molecule is COCCN(CCOC)c1nc(-c2cccnc2)nc2ccccc12. The Labute approximate surface area is 147 Å². The van der Waals surface area contributed by atoms with Gasteiger partial charge in [-0.25, -0.2) is 9.97 Å². The molecule has 0 saturated carbocycles. The Hall–Kier alpha value is -2.57. The average Bonchev–Trinajstić information content (AvgIpc) is 2.68. The van der Waals surface area contributed by atoms with Crippen LogP contribution in [0.4, 0.5) is 5.82 Å². The van der Waals surface area contributed by atoms with Crippen LogP contribution in [0.1, 0.15) is 0 Å². The summed E-state index contributed by atoms with van der Waals surface area (Å²) in [6.45, 7) is 2.69. The Balaban J connectivity index is 2.10. The lowest BCUT2D eigenvalue weighted by Gasteiger charge is -2.25. The third-order valence-electron chi connectivity index (χ3n) is 3.93. The van der Waals surface area contributed by atoms with Gasteiger partial charge in [0, 0.05) is 50.7 Å². The lowest BCUT2D eigenvalue weighted by Crippen LogP contribution is -2.31. The molecular formula is C19H22N4O2. The largest absolute Gasteiger partial charge is 0.383 e. The number of para-hydroxylation sites is 1. The molecule has 3 rings (SSSR count). The molecule has 0 saturated heterocycles. The van der Waals surface area contributed by atoms with Gasteiger partial charge < -0.3 is 14.4 Å². The van der Waals surface area contributed by atoms with E-state index in [1.54, 1.807) is 26.6 Å². The number of pyridine rings is 1. The summed E-state index contributed by atoms with van der Waals surface area (Å²) >= 11 is 0. The topological polar surface area (TPSA) is 60.4 Å². The number of aromatic nitrogens is 3. The van der Waals surface area contributed by atoms with Crippen molar-refractivity contribution in [2.75, 3.05) is 45.4 Å². The van der Waals surface area contributed by atoms with E-state index in [-0.39, 0.29) is 0 Å². The van der Waals surface area contributed by atoms with Gasteiger partial charge in [-0.3, -0.25) is 4.98 Å². The zero-order chi connectivity index (χ0) is 17.5. The Morgan fingerprint density at radius 3 is 2.36 bits per heavy atom. The Kier molecular flexibility index (Phi) is 5.87. The lowest BCUT2D eigenvalue weighted by atomic mass is 10.2. The maximum Gasteiger partial charge on any atom is 0.163 e. The molecule has 0 fully saturated rings. The fraction of sp³-hybridized carbons (Fsp3) is 0.316. The summed E-state index contributed by atoms with van der Waals surface area (Å²) in [5.74, 6) is 1.56. The molecule has 0 aliphatic rings. The first kappa shape index (κ1) is 17.3. The number of benzene rings is 1. The quantitative estimate of drug-likeness (QED) is 0.629. The third kappa shape index (κ3) is 4.10. The highest BCUT2D eigenvalue weighted by molar-refractivity contribution is 5.91. The zero-order valence-corrected chi connectivity index (χ0v) is 14.6. The van der Waals surface area contributed by atoms with Gasteiger partial charge in [0.2, 0.25) is 0 Å². The summed E-state index contributed by atoms with van der Waals surface area (Å²) in [5.41, 5.74) is 1.80. The van der Waals surface area contributed by atoms with Gasteiger partial charge >= 0.3 is 0 Å². The van der Waals surface area contributed by atoms with Crippen LogP contribution in [0.3, 0.4) is 0 Å². The molecule has 0 atom stereocenters. The highest BCUT2D eigenvalue weighted by Crippen LogP contribution is 2.27. The van der Waals surface area contributed by atoms with E-state index in [9.17, 15) is 0 Å². The molecule has 3 aromatic rings. The van der Waals surface area contributed by atoms with Gasteiger partial charge in [0.25, 0.3) is 0 Å². The number of hydrogen-bond donors (Lipinski definition) is 0. The summed E-state index contributed by atoms with van der Waals surface area (Å²) in [4.78, 5) is 15.9. The molecule has 6 nitrogen and oxygen atoms in total. The minimum atomic E-state index is 0.615. The van der Waals surface area contributed by atoms with Crippen LogP contribution >= 0.6 is 0 Å². The van der Waals surface area contributed by atoms with E-state index in [2.05, 4.69) is 9.88 Å². The van der Waals surface area contributed by atoms with Gasteiger partial charge in [0.15, 0.2) is 5.82 Å². The molecule has 2 aromatic heterocycles. The summed E-state index contributed by atoms with van der Waals surface area (Å²) in [5, 5.41) is 1.02. The van der Waals surface area contributed by atoms with Crippen LogP contribution in [0.2, 0.25) is 0 Å². The van der Waals surface area contributed by atoms with Crippen molar-refractivity contribution in [3.8, 4) is 11.4 Å². The first-order valence-corrected chi connectivity index (χ1v) is 8.23. The van der Waals surface area contributed by atoms with Crippen molar-refractivity contribution < 1.29 is 9.47 Å². The maximum atomic E-state index is 5.26. The molecule has 0 aliphatic heterocycles. The van der Waals surface area contributed by atoms with E-state index in [0.29, 0.717) is 19.0 Å². The molecule has 0 aliphatic carbocycles. The van der Waals surface area contributed by atoms with Crippen LogP contribution in [0.15, 0.2) is 48.8 Å². The summed E-state index contributed by atoms with van der Waals surface area (Å²) in [6, 6.07) is 11.9. The highest BCUT2D eigenvalue weighted by Gasteiger charge is 2.15. The lowest BCUT2D eigenvalue weighted by molar-refractivity contribution is 0.190. The number of fused-ring (bicyclic) bond motifs is 1. The number of ether oxygens (including phenoxy) is 2. The van der Waals surface area contributed by atoms with E-state index >= 15 is 0 Å². The Morgan fingerprint density at radius 1 is 0.920 bits per heavy atom. The number of nitrogens with zero attached hydrogens (tertiary/aromatic N) is 4. The molecule has 130 valence electrons. The second kappa shape index (κ2) is 8.50. The van der Waals surface area contributed by atoms with Crippen LogP contribution in [-0.4, -0.2) is 55.5 Å². The number of methoxy groups -OCH3 is 2. The summed E-state index contributed by atoms with van der Waals surface area (Å²) in [7, 11) is 3.40. The van der Waals surface area contributed by atoms with Crippen LogP contribution in [0.5, 0.6) is 0 Å². The van der Waals surface area contributed by atoms with Crippen molar-refractivity contribution in [3.05, 3.63) is 48.8 Å². The molecule has 1 aromatic carbocycles. The molecule has 0 radical (unpaired) electrons. The average molecular weight is 338 g/mol. The Morgan fingerprint density at radius 2 is 1.68 bits per heavy atom. The zero-order valence-electron chi connectivity index (χ0n) is 14.6. The normalized spacial score (nSPS) is 11.0. The fourth-order valence-electron chi connectivity index (χ4n) is 2.65. The maximum absolute atomic E-state index is 5.26. The molecule has 0 unspecified atom stereocenters. The monoisotopic (exact) mass is 338 g/mol. The second-order valence-electron chi connectivity index (χ2n) is 5.60. The van der Waals surface area contributed by atoms with Gasteiger partial charge in [-0.05, 0) is 24.3 Å². The van der Waals surface area contributed by atoms with E-state index in [1.165, 1.54) is 0 Å². The summed E-state index contributed by atoms with van der Waals surface area (Å²) < 4.78 is 10.5. The predicted octanol–water partition coefficient (Wildman–Crippen LogP) is 2.79. The Bertz CT molecular complexity index is 803. The van der Waals surface area contributed by atoms with E-state index in [0.717, 1.165) is 35.4 Å². The van der Waals surface area contributed by atoms with Crippen molar-refractivity contribution in [1.29, 1.82) is 0 Å². The van der Waals surface area contributed by atoms with Gasteiger partial charge in [0.1, 0.15) is 5.82 Å². The number of anilines is 1. The first-order chi connectivity index (χ1) is 12.3. The molecule has 0 amide bonds. The van der Waals surface area contributed by atoms with Crippen LogP contribution in [0.25, 0.3) is 22.3 Å². The van der Waals surface area contributed by atoms with Crippen molar-refractivity contribution in [1.82, 2.24) is 15.0 Å². The smallest absolute Gasteiger partial charge is 0.163 e.